The van der Waals surface area contributed by atoms with E-state index in [2.05, 4.69) is 16.6 Å². The van der Waals surface area contributed by atoms with Gasteiger partial charge in [0.2, 0.25) is 10.0 Å². The smallest absolute Gasteiger partial charge is 0.338 e. The van der Waals surface area contributed by atoms with Crippen molar-refractivity contribution in [3.63, 3.8) is 0 Å². The molecule has 1 rings (SSSR count). The fourth-order valence-corrected chi connectivity index (χ4v) is 3.06. The van der Waals surface area contributed by atoms with E-state index in [9.17, 15) is 18.0 Å². The van der Waals surface area contributed by atoms with Crippen LogP contribution in [-0.4, -0.2) is 39.5 Å². The Bertz CT molecular complexity index is 712. The lowest BCUT2D eigenvalue weighted by atomic mass is 10.2. The van der Waals surface area contributed by atoms with Gasteiger partial charge in [-0.05, 0) is 31.0 Å². The second-order valence-electron chi connectivity index (χ2n) is 5.33. The molecule has 1 aromatic rings. The number of nitrogens with one attached hydrogen (secondary N) is 2. The van der Waals surface area contributed by atoms with Crippen LogP contribution in [0.25, 0.3) is 0 Å². The number of hydrogen-bond acceptors (Lipinski definition) is 5. The van der Waals surface area contributed by atoms with Gasteiger partial charge in [-0.15, -0.1) is 6.58 Å². The first-order chi connectivity index (χ1) is 11.8. The Morgan fingerprint density at radius 3 is 2.56 bits per heavy atom. The number of carbonyl (C=O) groups excluding carboxylic acids is 2. The van der Waals surface area contributed by atoms with Gasteiger partial charge in [0.25, 0.3) is 5.91 Å². The molecule has 2 N–H and O–H groups in total. The third-order valence-electron chi connectivity index (χ3n) is 3.48. The number of hydrogen-bond donors (Lipinski definition) is 2. The minimum absolute atomic E-state index is 0.0376. The molecule has 0 aliphatic rings. The average molecular weight is 368 g/mol. The van der Waals surface area contributed by atoms with E-state index in [0.29, 0.717) is 0 Å². The van der Waals surface area contributed by atoms with Gasteiger partial charge in [-0.1, -0.05) is 26.0 Å². The summed E-state index contributed by atoms with van der Waals surface area (Å²) in [7, 11) is -3.74. The zero-order valence-electron chi connectivity index (χ0n) is 14.4. The quantitative estimate of drug-likeness (QED) is 0.483. The van der Waals surface area contributed by atoms with Crippen LogP contribution in [0.2, 0.25) is 0 Å². The maximum absolute atomic E-state index is 12.0. The molecule has 0 radical (unpaired) electrons. The van der Waals surface area contributed by atoms with E-state index in [1.165, 1.54) is 30.3 Å². The maximum Gasteiger partial charge on any atom is 0.338 e. The van der Waals surface area contributed by atoms with Gasteiger partial charge in [-0.3, -0.25) is 4.79 Å². The van der Waals surface area contributed by atoms with Gasteiger partial charge >= 0.3 is 5.97 Å². The fraction of sp³-hybridized carbons (Fsp3) is 0.412. The van der Waals surface area contributed by atoms with Gasteiger partial charge < -0.3 is 10.1 Å². The van der Waals surface area contributed by atoms with E-state index in [1.807, 2.05) is 13.8 Å². The summed E-state index contributed by atoms with van der Waals surface area (Å²) in [5, 5.41) is 2.75. The molecule has 1 amide bonds. The Morgan fingerprint density at radius 1 is 1.28 bits per heavy atom. The molecule has 0 atom stereocenters. The molecule has 138 valence electrons. The van der Waals surface area contributed by atoms with E-state index < -0.39 is 28.5 Å². The second kappa shape index (κ2) is 9.95. The van der Waals surface area contributed by atoms with Crippen LogP contribution >= 0.6 is 0 Å². The predicted octanol–water partition coefficient (Wildman–Crippen LogP) is 1.61. The zero-order chi connectivity index (χ0) is 18.9. The van der Waals surface area contributed by atoms with Crippen LogP contribution in [0.3, 0.4) is 0 Å². The SMILES string of the molecule is C=CCNS(=O)(=O)c1cccc(C(=O)OCC(=O)NC(CC)CC)c1. The maximum atomic E-state index is 12.0. The normalized spacial score (nSPS) is 11.2. The molecule has 0 unspecified atom stereocenters. The molecule has 0 aromatic heterocycles. The number of benzene rings is 1. The molecule has 0 aliphatic heterocycles. The molecule has 0 fully saturated rings. The summed E-state index contributed by atoms with van der Waals surface area (Å²) in [6.07, 6.45) is 2.98. The van der Waals surface area contributed by atoms with Gasteiger partial charge in [0.1, 0.15) is 0 Å². The molecular formula is C17H24N2O5S. The van der Waals surface area contributed by atoms with Gasteiger partial charge in [-0.25, -0.2) is 17.9 Å². The van der Waals surface area contributed by atoms with Gasteiger partial charge in [0.15, 0.2) is 6.61 Å². The number of carbonyl (C=O) groups is 2. The van der Waals surface area contributed by atoms with Crippen LogP contribution in [0.15, 0.2) is 41.8 Å². The molecule has 0 saturated heterocycles. The predicted molar refractivity (Wildman–Crippen MR) is 94.6 cm³/mol. The number of rotatable bonds is 10. The van der Waals surface area contributed by atoms with Crippen LogP contribution in [0.1, 0.15) is 37.0 Å². The van der Waals surface area contributed by atoms with Crippen molar-refractivity contribution in [1.82, 2.24) is 10.0 Å². The molecule has 0 bridgehead atoms. The highest BCUT2D eigenvalue weighted by molar-refractivity contribution is 7.89. The van der Waals surface area contributed by atoms with E-state index in [0.717, 1.165) is 12.8 Å². The van der Waals surface area contributed by atoms with Crippen molar-refractivity contribution < 1.29 is 22.7 Å². The summed E-state index contributed by atoms with van der Waals surface area (Å²) in [6.45, 7) is 7.00. The summed E-state index contributed by atoms with van der Waals surface area (Å²) >= 11 is 0. The molecule has 0 spiro atoms. The van der Waals surface area contributed by atoms with Crippen molar-refractivity contribution >= 4 is 21.9 Å². The standard InChI is InChI=1S/C17H24N2O5S/c1-4-10-18-25(22,23)15-9-7-8-13(11-15)17(21)24-12-16(20)19-14(5-2)6-3/h4,7-9,11,14,18H,1,5-6,10,12H2,2-3H3,(H,19,20). The number of ether oxygens (including phenoxy) is 1. The average Bonchev–Trinajstić information content (AvgIpc) is 2.62. The van der Waals surface area contributed by atoms with Crippen molar-refractivity contribution in [1.29, 1.82) is 0 Å². The minimum Gasteiger partial charge on any atom is -0.452 e. The first kappa shape index (κ1) is 20.9. The molecule has 1 aromatic carbocycles. The van der Waals surface area contributed by atoms with Gasteiger partial charge in [0, 0.05) is 12.6 Å². The van der Waals surface area contributed by atoms with Crippen molar-refractivity contribution in [3.05, 3.63) is 42.5 Å². The Morgan fingerprint density at radius 2 is 1.96 bits per heavy atom. The lowest BCUT2D eigenvalue weighted by Gasteiger charge is -2.14. The van der Waals surface area contributed by atoms with Crippen molar-refractivity contribution in [3.8, 4) is 0 Å². The minimum atomic E-state index is -3.74. The van der Waals surface area contributed by atoms with E-state index >= 15 is 0 Å². The topological polar surface area (TPSA) is 102 Å². The third kappa shape index (κ3) is 6.67. The summed E-state index contributed by atoms with van der Waals surface area (Å²) in [4.78, 5) is 23.7. The fourth-order valence-electron chi connectivity index (χ4n) is 2.02. The summed E-state index contributed by atoms with van der Waals surface area (Å²) in [6, 6.07) is 5.46. The highest BCUT2D eigenvalue weighted by atomic mass is 32.2. The Kier molecular flexibility index (Phi) is 8.30. The second-order valence-corrected chi connectivity index (χ2v) is 7.09. The number of esters is 1. The number of amides is 1. The van der Waals surface area contributed by atoms with Crippen LogP contribution in [0.5, 0.6) is 0 Å². The van der Waals surface area contributed by atoms with Crippen molar-refractivity contribution in [2.24, 2.45) is 0 Å². The van der Waals surface area contributed by atoms with E-state index in [-0.39, 0.29) is 23.0 Å². The summed E-state index contributed by atoms with van der Waals surface area (Å²) in [5.74, 6) is -1.15. The van der Waals surface area contributed by atoms with Gasteiger partial charge in [-0.2, -0.15) is 0 Å². The van der Waals surface area contributed by atoms with Crippen molar-refractivity contribution in [2.75, 3.05) is 13.2 Å². The molecule has 0 heterocycles. The molecular weight excluding hydrogens is 344 g/mol. The zero-order valence-corrected chi connectivity index (χ0v) is 15.3. The van der Waals surface area contributed by atoms with Crippen LogP contribution < -0.4 is 10.0 Å². The number of sulfonamides is 1. The monoisotopic (exact) mass is 368 g/mol. The Hall–Kier alpha value is -2.19. The highest BCUT2D eigenvalue weighted by Crippen LogP contribution is 2.12. The first-order valence-corrected chi connectivity index (χ1v) is 9.49. The molecule has 7 nitrogen and oxygen atoms in total. The summed E-state index contributed by atoms with van der Waals surface area (Å²) in [5.41, 5.74) is 0.0526. The highest BCUT2D eigenvalue weighted by Gasteiger charge is 2.17. The van der Waals surface area contributed by atoms with E-state index in [1.54, 1.807) is 0 Å². The van der Waals surface area contributed by atoms with Crippen LogP contribution in [0.4, 0.5) is 0 Å². The molecule has 0 saturated carbocycles. The van der Waals surface area contributed by atoms with Crippen LogP contribution in [0, 0.1) is 0 Å². The lowest BCUT2D eigenvalue weighted by Crippen LogP contribution is -2.36. The largest absolute Gasteiger partial charge is 0.452 e. The lowest BCUT2D eigenvalue weighted by molar-refractivity contribution is -0.125. The Labute approximate surface area is 148 Å². The molecule has 0 aliphatic carbocycles. The van der Waals surface area contributed by atoms with Gasteiger partial charge in [0.05, 0.1) is 10.5 Å². The Balaban J connectivity index is 2.72. The summed E-state index contributed by atoms with van der Waals surface area (Å²) < 4.78 is 31.3. The molecule has 8 heteroatoms. The molecule has 25 heavy (non-hydrogen) atoms. The third-order valence-corrected chi connectivity index (χ3v) is 4.90. The van der Waals surface area contributed by atoms with Crippen molar-refractivity contribution in [2.45, 2.75) is 37.6 Å². The van der Waals surface area contributed by atoms with E-state index in [4.69, 9.17) is 4.74 Å². The van der Waals surface area contributed by atoms with Crippen LogP contribution in [-0.2, 0) is 19.6 Å². The first-order valence-electron chi connectivity index (χ1n) is 8.01.